The predicted octanol–water partition coefficient (Wildman–Crippen LogP) is 3.76. The number of hydrogen-bond donors (Lipinski definition) is 1. The van der Waals surface area contributed by atoms with E-state index in [4.69, 9.17) is 5.73 Å². The average Bonchev–Trinajstić information content (AvgIpc) is 2.48. The van der Waals surface area contributed by atoms with Gasteiger partial charge in [-0.2, -0.15) is 0 Å². The fourth-order valence-electron chi connectivity index (χ4n) is 3.40. The summed E-state index contributed by atoms with van der Waals surface area (Å²) in [5.74, 6) is 0. The summed E-state index contributed by atoms with van der Waals surface area (Å²) < 4.78 is 0. The van der Waals surface area contributed by atoms with Crippen LogP contribution in [0.2, 0.25) is 0 Å². The number of benzene rings is 2. The van der Waals surface area contributed by atoms with Crippen LogP contribution in [0.15, 0.2) is 42.5 Å². The summed E-state index contributed by atoms with van der Waals surface area (Å²) in [6.07, 6.45) is 2.39. The van der Waals surface area contributed by atoms with E-state index in [1.54, 1.807) is 0 Å². The third-order valence-corrected chi connectivity index (χ3v) is 4.42. The summed E-state index contributed by atoms with van der Waals surface area (Å²) in [6.45, 7) is 6.05. The minimum absolute atomic E-state index is 0.270. The fourth-order valence-corrected chi connectivity index (χ4v) is 3.40. The lowest BCUT2D eigenvalue weighted by atomic mass is 9.95. The highest BCUT2D eigenvalue weighted by Crippen LogP contribution is 2.34. The standard InChI is InChI=1S/C19H24N2/c1-14-5-3-6-17(11-14)19(13-20)21-10-4-7-16-12-15(2)8-9-18(16)21/h3,5-6,8-9,11-12,19H,4,7,10,13,20H2,1-2H3. The molecule has 0 fully saturated rings. The summed E-state index contributed by atoms with van der Waals surface area (Å²) in [5.41, 5.74) is 12.9. The third-order valence-electron chi connectivity index (χ3n) is 4.42. The lowest BCUT2D eigenvalue weighted by Gasteiger charge is -2.38. The van der Waals surface area contributed by atoms with Gasteiger partial charge in [-0.3, -0.25) is 0 Å². The zero-order valence-corrected chi connectivity index (χ0v) is 13.0. The fraction of sp³-hybridized carbons (Fsp3) is 0.368. The van der Waals surface area contributed by atoms with Crippen molar-refractivity contribution in [2.45, 2.75) is 32.7 Å². The molecule has 110 valence electrons. The highest BCUT2D eigenvalue weighted by Gasteiger charge is 2.24. The van der Waals surface area contributed by atoms with E-state index in [0.717, 1.165) is 6.54 Å². The number of hydrogen-bond acceptors (Lipinski definition) is 2. The van der Waals surface area contributed by atoms with Crippen LogP contribution in [-0.2, 0) is 6.42 Å². The maximum Gasteiger partial charge on any atom is 0.0664 e. The summed E-state index contributed by atoms with van der Waals surface area (Å²) in [5, 5.41) is 0. The Labute approximate surface area is 127 Å². The largest absolute Gasteiger partial charge is 0.363 e. The zero-order valence-electron chi connectivity index (χ0n) is 13.0. The summed E-state index contributed by atoms with van der Waals surface area (Å²) in [4.78, 5) is 2.49. The number of fused-ring (bicyclic) bond motifs is 1. The Balaban J connectivity index is 1.99. The molecule has 0 bridgehead atoms. The van der Waals surface area contributed by atoms with E-state index in [2.05, 4.69) is 61.2 Å². The molecule has 2 aromatic carbocycles. The van der Waals surface area contributed by atoms with E-state index in [1.165, 1.54) is 40.8 Å². The first kappa shape index (κ1) is 14.2. The zero-order chi connectivity index (χ0) is 14.8. The van der Waals surface area contributed by atoms with Crippen LogP contribution in [0.1, 0.15) is 34.7 Å². The van der Waals surface area contributed by atoms with E-state index in [1.807, 2.05) is 0 Å². The average molecular weight is 280 g/mol. The Morgan fingerprint density at radius 3 is 2.67 bits per heavy atom. The molecule has 0 amide bonds. The molecule has 0 aliphatic carbocycles. The van der Waals surface area contributed by atoms with E-state index < -0.39 is 0 Å². The molecule has 1 aliphatic heterocycles. The number of nitrogens with two attached hydrogens (primary N) is 1. The highest BCUT2D eigenvalue weighted by molar-refractivity contribution is 5.58. The number of aryl methyl sites for hydroxylation is 3. The van der Waals surface area contributed by atoms with Crippen molar-refractivity contribution in [3.05, 3.63) is 64.7 Å². The minimum atomic E-state index is 0.270. The third kappa shape index (κ3) is 2.81. The van der Waals surface area contributed by atoms with Crippen LogP contribution < -0.4 is 10.6 Å². The topological polar surface area (TPSA) is 29.3 Å². The Bertz CT molecular complexity index is 633. The Kier molecular flexibility index (Phi) is 3.98. The molecule has 1 atom stereocenters. The van der Waals surface area contributed by atoms with Crippen molar-refractivity contribution in [2.24, 2.45) is 5.73 Å². The van der Waals surface area contributed by atoms with Crippen LogP contribution in [0.3, 0.4) is 0 Å². The molecule has 0 spiro atoms. The number of anilines is 1. The van der Waals surface area contributed by atoms with Crippen molar-refractivity contribution < 1.29 is 0 Å². The minimum Gasteiger partial charge on any atom is -0.363 e. The molecule has 1 unspecified atom stereocenters. The van der Waals surface area contributed by atoms with Gasteiger partial charge in [0.15, 0.2) is 0 Å². The van der Waals surface area contributed by atoms with Gasteiger partial charge in [-0.05, 0) is 43.9 Å². The van der Waals surface area contributed by atoms with Crippen molar-refractivity contribution in [3.63, 3.8) is 0 Å². The van der Waals surface area contributed by atoms with Crippen LogP contribution in [0.25, 0.3) is 0 Å². The molecule has 2 N–H and O–H groups in total. The van der Waals surface area contributed by atoms with Crippen LogP contribution in [0, 0.1) is 13.8 Å². The van der Waals surface area contributed by atoms with Gasteiger partial charge in [0.2, 0.25) is 0 Å². The van der Waals surface area contributed by atoms with Gasteiger partial charge in [-0.15, -0.1) is 0 Å². The van der Waals surface area contributed by atoms with E-state index in [-0.39, 0.29) is 6.04 Å². The molecule has 0 saturated carbocycles. The van der Waals surface area contributed by atoms with Crippen molar-refractivity contribution in [3.8, 4) is 0 Å². The van der Waals surface area contributed by atoms with Gasteiger partial charge < -0.3 is 10.6 Å². The second kappa shape index (κ2) is 5.90. The molecule has 2 aromatic rings. The highest BCUT2D eigenvalue weighted by atomic mass is 15.2. The van der Waals surface area contributed by atoms with Crippen molar-refractivity contribution in [1.29, 1.82) is 0 Å². The van der Waals surface area contributed by atoms with Gasteiger partial charge in [0.1, 0.15) is 0 Å². The van der Waals surface area contributed by atoms with Gasteiger partial charge in [0.25, 0.3) is 0 Å². The van der Waals surface area contributed by atoms with Gasteiger partial charge in [0.05, 0.1) is 6.04 Å². The molecule has 0 saturated heterocycles. The molecule has 0 aromatic heterocycles. The summed E-state index contributed by atoms with van der Waals surface area (Å²) in [7, 11) is 0. The van der Waals surface area contributed by atoms with Crippen LogP contribution in [0.5, 0.6) is 0 Å². The first-order valence-electron chi connectivity index (χ1n) is 7.82. The Morgan fingerprint density at radius 1 is 1.10 bits per heavy atom. The Morgan fingerprint density at radius 2 is 1.90 bits per heavy atom. The smallest absolute Gasteiger partial charge is 0.0664 e. The van der Waals surface area contributed by atoms with Gasteiger partial charge in [0, 0.05) is 18.8 Å². The molecular weight excluding hydrogens is 256 g/mol. The SMILES string of the molecule is Cc1cccc(C(CN)N2CCCc3cc(C)ccc32)c1. The van der Waals surface area contributed by atoms with Crippen molar-refractivity contribution in [1.82, 2.24) is 0 Å². The van der Waals surface area contributed by atoms with Gasteiger partial charge in [-0.1, -0.05) is 47.5 Å². The van der Waals surface area contributed by atoms with Gasteiger partial charge >= 0.3 is 0 Å². The van der Waals surface area contributed by atoms with Gasteiger partial charge in [-0.25, -0.2) is 0 Å². The maximum atomic E-state index is 6.13. The summed E-state index contributed by atoms with van der Waals surface area (Å²) in [6, 6.07) is 15.8. The normalized spacial score (nSPS) is 15.7. The molecule has 21 heavy (non-hydrogen) atoms. The van der Waals surface area contributed by atoms with E-state index >= 15 is 0 Å². The first-order chi connectivity index (χ1) is 10.2. The van der Waals surface area contributed by atoms with Crippen molar-refractivity contribution >= 4 is 5.69 Å². The first-order valence-corrected chi connectivity index (χ1v) is 7.82. The van der Waals surface area contributed by atoms with Crippen molar-refractivity contribution in [2.75, 3.05) is 18.0 Å². The molecule has 1 aliphatic rings. The molecule has 3 rings (SSSR count). The second-order valence-corrected chi connectivity index (χ2v) is 6.09. The Hall–Kier alpha value is -1.80. The number of nitrogens with zero attached hydrogens (tertiary/aromatic N) is 1. The predicted molar refractivity (Wildman–Crippen MR) is 89.8 cm³/mol. The van der Waals surface area contributed by atoms with E-state index in [9.17, 15) is 0 Å². The van der Waals surface area contributed by atoms with Crippen LogP contribution >= 0.6 is 0 Å². The number of rotatable bonds is 3. The lowest BCUT2D eigenvalue weighted by molar-refractivity contribution is 0.587. The summed E-state index contributed by atoms with van der Waals surface area (Å²) >= 11 is 0. The van der Waals surface area contributed by atoms with E-state index in [0.29, 0.717) is 6.54 Å². The molecule has 0 radical (unpaired) electrons. The monoisotopic (exact) mass is 280 g/mol. The van der Waals surface area contributed by atoms with Crippen LogP contribution in [-0.4, -0.2) is 13.1 Å². The second-order valence-electron chi connectivity index (χ2n) is 6.09. The molecule has 1 heterocycles. The maximum absolute atomic E-state index is 6.13. The quantitative estimate of drug-likeness (QED) is 0.927. The molecular formula is C19H24N2. The lowest BCUT2D eigenvalue weighted by Crippen LogP contribution is -2.37. The molecule has 2 nitrogen and oxygen atoms in total. The molecule has 2 heteroatoms. The van der Waals surface area contributed by atoms with Crippen LogP contribution in [0.4, 0.5) is 5.69 Å².